The van der Waals surface area contributed by atoms with Gasteiger partial charge in [-0.05, 0) is 24.3 Å². The van der Waals surface area contributed by atoms with Crippen molar-refractivity contribution in [2.24, 2.45) is 5.92 Å². The first-order valence-electron chi connectivity index (χ1n) is 8.10. The highest BCUT2D eigenvalue weighted by molar-refractivity contribution is 9.10. The van der Waals surface area contributed by atoms with Crippen LogP contribution in [0.1, 0.15) is 12.0 Å². The van der Waals surface area contributed by atoms with Gasteiger partial charge < -0.3 is 9.80 Å². The highest BCUT2D eigenvalue weighted by Crippen LogP contribution is 2.28. The Morgan fingerprint density at radius 2 is 2.04 bits per heavy atom. The predicted octanol–water partition coefficient (Wildman–Crippen LogP) is 3.74. The Balaban J connectivity index is 1.69. The Hall–Kier alpha value is -2.28. The minimum absolute atomic E-state index is 0.0204. The van der Waals surface area contributed by atoms with Crippen LogP contribution < -0.4 is 4.90 Å². The van der Waals surface area contributed by atoms with Crippen LogP contribution in [-0.2, 0) is 16.1 Å². The van der Waals surface area contributed by atoms with Crippen molar-refractivity contribution in [1.29, 1.82) is 0 Å². The van der Waals surface area contributed by atoms with E-state index >= 15 is 0 Å². The first-order valence-corrected chi connectivity index (χ1v) is 8.89. The van der Waals surface area contributed by atoms with Gasteiger partial charge in [0.1, 0.15) is 11.6 Å². The summed E-state index contributed by atoms with van der Waals surface area (Å²) in [5, 5.41) is 0. The Kier molecular flexibility index (Phi) is 5.36. The number of amides is 2. The molecule has 0 saturated carbocycles. The number of benzene rings is 2. The molecule has 0 N–H and O–H groups in total. The third kappa shape index (κ3) is 3.93. The Morgan fingerprint density at radius 3 is 2.73 bits per heavy atom. The summed E-state index contributed by atoms with van der Waals surface area (Å²) in [5.41, 5.74) is 0.960. The molecule has 4 nitrogen and oxygen atoms in total. The molecule has 0 radical (unpaired) electrons. The molecule has 1 aliphatic rings. The molecular formula is C19H17BrF2N2O2. The predicted molar refractivity (Wildman–Crippen MR) is 97.4 cm³/mol. The molecule has 3 rings (SSSR count). The molecule has 2 amide bonds. The molecule has 0 aromatic heterocycles. The van der Waals surface area contributed by atoms with E-state index < -0.39 is 17.6 Å². The molecule has 26 heavy (non-hydrogen) atoms. The molecule has 2 aromatic carbocycles. The van der Waals surface area contributed by atoms with Gasteiger partial charge in [-0.3, -0.25) is 9.59 Å². The molecule has 1 unspecified atom stereocenters. The molecule has 0 spiro atoms. The van der Waals surface area contributed by atoms with Crippen LogP contribution in [0.15, 0.2) is 46.9 Å². The summed E-state index contributed by atoms with van der Waals surface area (Å²) >= 11 is 3.37. The SMILES string of the molecule is CN(Cc1ccc(F)cc1F)C(=O)C1CC(=O)N(c2cccc(Br)c2)C1. The summed E-state index contributed by atoms with van der Waals surface area (Å²) in [4.78, 5) is 27.9. The van der Waals surface area contributed by atoms with Crippen LogP contribution >= 0.6 is 15.9 Å². The van der Waals surface area contributed by atoms with Gasteiger partial charge in [0.2, 0.25) is 11.8 Å². The Labute approximate surface area is 158 Å². The van der Waals surface area contributed by atoms with Gasteiger partial charge in [0.05, 0.1) is 5.92 Å². The maximum absolute atomic E-state index is 13.8. The van der Waals surface area contributed by atoms with Crippen LogP contribution in [0.25, 0.3) is 0 Å². The maximum Gasteiger partial charge on any atom is 0.228 e. The lowest BCUT2D eigenvalue weighted by molar-refractivity contribution is -0.135. The summed E-state index contributed by atoms with van der Waals surface area (Å²) in [6, 6.07) is 10.6. The monoisotopic (exact) mass is 422 g/mol. The van der Waals surface area contributed by atoms with E-state index in [9.17, 15) is 18.4 Å². The molecule has 1 aliphatic heterocycles. The molecule has 136 valence electrons. The lowest BCUT2D eigenvalue weighted by atomic mass is 10.1. The van der Waals surface area contributed by atoms with Crippen molar-refractivity contribution in [3.05, 3.63) is 64.1 Å². The molecular weight excluding hydrogens is 406 g/mol. The van der Waals surface area contributed by atoms with Gasteiger partial charge in [0.15, 0.2) is 0 Å². The molecule has 1 atom stereocenters. The van der Waals surface area contributed by atoms with Gasteiger partial charge in [-0.1, -0.05) is 28.1 Å². The number of hydrogen-bond donors (Lipinski definition) is 0. The summed E-state index contributed by atoms with van der Waals surface area (Å²) < 4.78 is 27.6. The lowest BCUT2D eigenvalue weighted by Crippen LogP contribution is -2.34. The van der Waals surface area contributed by atoms with E-state index in [4.69, 9.17) is 0 Å². The molecule has 1 fully saturated rings. The summed E-state index contributed by atoms with van der Waals surface area (Å²) in [7, 11) is 1.55. The van der Waals surface area contributed by atoms with Crippen molar-refractivity contribution in [2.75, 3.05) is 18.5 Å². The second kappa shape index (κ2) is 7.53. The van der Waals surface area contributed by atoms with Crippen molar-refractivity contribution >= 4 is 33.4 Å². The van der Waals surface area contributed by atoms with Gasteiger partial charge in [0, 0.05) is 48.3 Å². The van der Waals surface area contributed by atoms with E-state index in [1.807, 2.05) is 24.3 Å². The molecule has 2 aromatic rings. The largest absolute Gasteiger partial charge is 0.341 e. The minimum Gasteiger partial charge on any atom is -0.341 e. The van der Waals surface area contributed by atoms with E-state index in [-0.39, 0.29) is 36.9 Å². The molecule has 7 heteroatoms. The highest BCUT2D eigenvalue weighted by Gasteiger charge is 2.36. The van der Waals surface area contributed by atoms with Crippen molar-refractivity contribution < 1.29 is 18.4 Å². The molecule has 0 bridgehead atoms. The van der Waals surface area contributed by atoms with Crippen LogP contribution in [0, 0.1) is 17.6 Å². The molecule has 1 saturated heterocycles. The van der Waals surface area contributed by atoms with Crippen molar-refractivity contribution in [1.82, 2.24) is 4.90 Å². The van der Waals surface area contributed by atoms with E-state index in [1.165, 1.54) is 11.0 Å². The average molecular weight is 423 g/mol. The van der Waals surface area contributed by atoms with Crippen molar-refractivity contribution in [3.8, 4) is 0 Å². The number of carbonyl (C=O) groups is 2. The standard InChI is InChI=1S/C19H17BrF2N2O2/c1-23(10-12-5-6-15(21)9-17(12)22)19(26)13-7-18(25)24(11-13)16-4-2-3-14(20)8-16/h2-6,8-9,13H,7,10-11H2,1H3. The fraction of sp³-hybridized carbons (Fsp3) is 0.263. The van der Waals surface area contributed by atoms with Crippen molar-refractivity contribution in [3.63, 3.8) is 0 Å². The van der Waals surface area contributed by atoms with E-state index in [0.717, 1.165) is 22.3 Å². The summed E-state index contributed by atoms with van der Waals surface area (Å²) in [6.45, 7) is 0.302. The zero-order valence-corrected chi connectivity index (χ0v) is 15.7. The maximum atomic E-state index is 13.8. The normalized spacial score (nSPS) is 16.8. The number of nitrogens with zero attached hydrogens (tertiary/aromatic N) is 2. The van der Waals surface area contributed by atoms with E-state index in [1.54, 1.807) is 11.9 Å². The van der Waals surface area contributed by atoms with Crippen LogP contribution in [0.3, 0.4) is 0 Å². The number of hydrogen-bond acceptors (Lipinski definition) is 2. The van der Waals surface area contributed by atoms with Gasteiger partial charge in [-0.25, -0.2) is 8.78 Å². The first kappa shape index (κ1) is 18.5. The quantitative estimate of drug-likeness (QED) is 0.752. The van der Waals surface area contributed by atoms with Crippen LogP contribution in [0.5, 0.6) is 0 Å². The van der Waals surface area contributed by atoms with Crippen molar-refractivity contribution in [2.45, 2.75) is 13.0 Å². The average Bonchev–Trinajstić information content (AvgIpc) is 2.98. The first-order chi connectivity index (χ1) is 12.3. The minimum atomic E-state index is -0.692. The topological polar surface area (TPSA) is 40.6 Å². The highest BCUT2D eigenvalue weighted by atomic mass is 79.9. The fourth-order valence-electron chi connectivity index (χ4n) is 3.06. The fourth-order valence-corrected chi connectivity index (χ4v) is 3.45. The lowest BCUT2D eigenvalue weighted by Gasteiger charge is -2.22. The summed E-state index contributed by atoms with van der Waals surface area (Å²) in [5.74, 6) is -2.20. The van der Waals surface area contributed by atoms with Crippen LogP contribution in [-0.4, -0.2) is 30.3 Å². The zero-order valence-electron chi connectivity index (χ0n) is 14.1. The third-order valence-corrected chi connectivity index (χ3v) is 4.89. The Bertz CT molecular complexity index is 859. The van der Waals surface area contributed by atoms with E-state index in [0.29, 0.717) is 0 Å². The number of anilines is 1. The number of rotatable bonds is 4. The second-order valence-corrected chi connectivity index (χ2v) is 7.23. The zero-order chi connectivity index (χ0) is 18.8. The van der Waals surface area contributed by atoms with Gasteiger partial charge in [-0.2, -0.15) is 0 Å². The smallest absolute Gasteiger partial charge is 0.228 e. The Morgan fingerprint density at radius 1 is 1.27 bits per heavy atom. The van der Waals surface area contributed by atoms with Gasteiger partial charge in [0.25, 0.3) is 0 Å². The molecule has 0 aliphatic carbocycles. The second-order valence-electron chi connectivity index (χ2n) is 6.32. The van der Waals surface area contributed by atoms with E-state index in [2.05, 4.69) is 15.9 Å². The van der Waals surface area contributed by atoms with Crippen LogP contribution in [0.2, 0.25) is 0 Å². The van der Waals surface area contributed by atoms with Gasteiger partial charge in [-0.15, -0.1) is 0 Å². The third-order valence-electron chi connectivity index (χ3n) is 4.39. The number of halogens is 3. The van der Waals surface area contributed by atoms with Crippen LogP contribution in [0.4, 0.5) is 14.5 Å². The summed E-state index contributed by atoms with van der Waals surface area (Å²) in [6.07, 6.45) is 0.113. The molecule has 1 heterocycles. The number of carbonyl (C=O) groups excluding carboxylic acids is 2. The van der Waals surface area contributed by atoms with Gasteiger partial charge >= 0.3 is 0 Å².